The van der Waals surface area contributed by atoms with Crippen molar-refractivity contribution < 1.29 is 14.3 Å². The van der Waals surface area contributed by atoms with E-state index in [1.54, 1.807) is 17.5 Å². The smallest absolute Gasteiger partial charge is 0.262 e. The van der Waals surface area contributed by atoms with Crippen molar-refractivity contribution in [2.45, 2.75) is 31.8 Å². The minimum absolute atomic E-state index is 0.00297. The predicted octanol–water partition coefficient (Wildman–Crippen LogP) is 2.32. The van der Waals surface area contributed by atoms with Crippen LogP contribution in [0.25, 0.3) is 0 Å². The largest absolute Gasteiger partial charge is 0.482 e. The molecule has 26 heavy (non-hydrogen) atoms. The first-order chi connectivity index (χ1) is 12.6. The summed E-state index contributed by atoms with van der Waals surface area (Å²) in [6.45, 7) is 2.82. The second-order valence-electron chi connectivity index (χ2n) is 6.49. The highest BCUT2D eigenvalue weighted by molar-refractivity contribution is 7.13. The van der Waals surface area contributed by atoms with Gasteiger partial charge in [0.15, 0.2) is 11.7 Å². The molecule has 2 aliphatic heterocycles. The quantitative estimate of drug-likeness (QED) is 0.861. The normalized spacial score (nSPS) is 20.1. The van der Waals surface area contributed by atoms with E-state index in [0.29, 0.717) is 11.4 Å². The number of amides is 2. The van der Waals surface area contributed by atoms with E-state index >= 15 is 0 Å². The molecule has 1 saturated heterocycles. The van der Waals surface area contributed by atoms with Crippen LogP contribution in [0.1, 0.15) is 31.4 Å². The lowest BCUT2D eigenvalue weighted by molar-refractivity contribution is -0.123. The molecule has 3 heterocycles. The van der Waals surface area contributed by atoms with E-state index in [2.05, 4.69) is 20.5 Å². The minimum Gasteiger partial charge on any atom is -0.482 e. The Labute approximate surface area is 155 Å². The molecule has 1 aromatic carbocycles. The van der Waals surface area contributed by atoms with Gasteiger partial charge in [0.05, 0.1) is 11.7 Å². The van der Waals surface area contributed by atoms with Crippen molar-refractivity contribution in [1.29, 1.82) is 0 Å². The van der Waals surface area contributed by atoms with Gasteiger partial charge in [-0.3, -0.25) is 9.59 Å². The van der Waals surface area contributed by atoms with Crippen LogP contribution >= 0.6 is 11.3 Å². The number of thiazole rings is 1. The molecule has 2 aromatic rings. The van der Waals surface area contributed by atoms with Gasteiger partial charge >= 0.3 is 0 Å². The molecule has 0 aliphatic carbocycles. The highest BCUT2D eigenvalue weighted by Gasteiger charge is 2.33. The van der Waals surface area contributed by atoms with Gasteiger partial charge in [0.2, 0.25) is 5.91 Å². The number of nitrogens with one attached hydrogen (secondary N) is 2. The Kier molecular flexibility index (Phi) is 4.50. The molecular weight excluding hydrogens is 352 g/mol. The second kappa shape index (κ2) is 6.95. The van der Waals surface area contributed by atoms with Crippen molar-refractivity contribution >= 4 is 34.0 Å². The fraction of sp³-hybridized carbons (Fsp3) is 0.389. The van der Waals surface area contributed by atoms with Gasteiger partial charge in [-0.05, 0) is 37.5 Å². The minimum atomic E-state index is -0.190. The molecule has 0 bridgehead atoms. The number of carbonyl (C=O) groups is 2. The van der Waals surface area contributed by atoms with Crippen molar-refractivity contribution in [3.8, 4) is 5.75 Å². The number of ether oxygens (including phenoxy) is 1. The third-order valence-electron chi connectivity index (χ3n) is 4.72. The van der Waals surface area contributed by atoms with Gasteiger partial charge in [-0.25, -0.2) is 4.98 Å². The Morgan fingerprint density at radius 1 is 1.50 bits per heavy atom. The number of hydrogen-bond donors (Lipinski definition) is 2. The molecule has 2 atom stereocenters. The van der Waals surface area contributed by atoms with E-state index in [1.165, 1.54) is 0 Å². The predicted molar refractivity (Wildman–Crippen MR) is 99.6 cm³/mol. The van der Waals surface area contributed by atoms with Crippen molar-refractivity contribution in [3.05, 3.63) is 35.3 Å². The first-order valence-electron chi connectivity index (χ1n) is 8.65. The summed E-state index contributed by atoms with van der Waals surface area (Å²) in [5.74, 6) is 0.484. The fourth-order valence-corrected chi connectivity index (χ4v) is 4.11. The van der Waals surface area contributed by atoms with Crippen molar-refractivity contribution in [3.63, 3.8) is 0 Å². The lowest BCUT2D eigenvalue weighted by Crippen LogP contribution is -2.44. The van der Waals surface area contributed by atoms with E-state index in [4.69, 9.17) is 4.74 Å². The Bertz CT molecular complexity index is 824. The molecule has 8 heteroatoms. The molecule has 7 nitrogen and oxygen atoms in total. The van der Waals surface area contributed by atoms with E-state index in [9.17, 15) is 9.59 Å². The van der Waals surface area contributed by atoms with E-state index < -0.39 is 0 Å². The maximum Gasteiger partial charge on any atom is 0.262 e. The molecule has 2 aliphatic rings. The standard InChI is InChI=1S/C18H20N4O3S/c1-11(12-4-5-15-13(9-12)21-16(23)10-25-15)20-17(24)14-3-2-7-22(14)18-19-6-8-26-18/h4-6,8-9,11,14H,2-3,7,10H2,1H3,(H,20,24)(H,21,23)/t11-,14-/m0/s1. The number of nitrogens with zero attached hydrogens (tertiary/aromatic N) is 2. The van der Waals surface area contributed by atoms with Crippen LogP contribution in [0.2, 0.25) is 0 Å². The molecule has 1 aromatic heterocycles. The lowest BCUT2D eigenvalue weighted by Gasteiger charge is -2.25. The Morgan fingerprint density at radius 3 is 3.19 bits per heavy atom. The van der Waals surface area contributed by atoms with Crippen molar-refractivity contribution in [2.24, 2.45) is 0 Å². The molecule has 4 rings (SSSR count). The highest BCUT2D eigenvalue weighted by atomic mass is 32.1. The molecule has 2 N–H and O–H groups in total. The van der Waals surface area contributed by atoms with E-state index in [-0.39, 0.29) is 30.5 Å². The zero-order valence-corrected chi connectivity index (χ0v) is 15.2. The van der Waals surface area contributed by atoms with Crippen LogP contribution in [-0.2, 0) is 9.59 Å². The fourth-order valence-electron chi connectivity index (χ4n) is 3.39. The maximum atomic E-state index is 12.8. The van der Waals surface area contributed by atoms with Crippen LogP contribution in [0, 0.1) is 0 Å². The molecule has 0 saturated carbocycles. The first kappa shape index (κ1) is 16.8. The Hall–Kier alpha value is -2.61. The zero-order valence-electron chi connectivity index (χ0n) is 14.4. The van der Waals surface area contributed by atoms with Gasteiger partial charge in [-0.2, -0.15) is 0 Å². The van der Waals surface area contributed by atoms with Gasteiger partial charge in [0.25, 0.3) is 5.91 Å². The Balaban J connectivity index is 1.46. The lowest BCUT2D eigenvalue weighted by atomic mass is 10.1. The van der Waals surface area contributed by atoms with Crippen molar-refractivity contribution in [2.75, 3.05) is 23.4 Å². The van der Waals surface area contributed by atoms with E-state index in [1.807, 2.05) is 30.5 Å². The zero-order chi connectivity index (χ0) is 18.1. The number of rotatable bonds is 4. The average Bonchev–Trinajstić information content (AvgIpc) is 3.31. The number of benzene rings is 1. The summed E-state index contributed by atoms with van der Waals surface area (Å²) in [6, 6.07) is 5.22. The van der Waals surface area contributed by atoms with Gasteiger partial charge in [0.1, 0.15) is 11.8 Å². The molecular formula is C18H20N4O3S. The monoisotopic (exact) mass is 372 g/mol. The molecule has 0 unspecified atom stereocenters. The highest BCUT2D eigenvalue weighted by Crippen LogP contribution is 2.31. The number of aromatic nitrogens is 1. The van der Waals surface area contributed by atoms with Gasteiger partial charge in [0, 0.05) is 18.1 Å². The van der Waals surface area contributed by atoms with Crippen LogP contribution in [0.5, 0.6) is 5.75 Å². The average molecular weight is 372 g/mol. The van der Waals surface area contributed by atoms with Crippen LogP contribution < -0.4 is 20.3 Å². The Morgan fingerprint density at radius 2 is 2.38 bits per heavy atom. The number of anilines is 2. The summed E-state index contributed by atoms with van der Waals surface area (Å²) in [7, 11) is 0. The summed E-state index contributed by atoms with van der Waals surface area (Å²) in [4.78, 5) is 30.7. The molecule has 136 valence electrons. The third kappa shape index (κ3) is 3.24. The van der Waals surface area contributed by atoms with Crippen LogP contribution in [0.15, 0.2) is 29.8 Å². The van der Waals surface area contributed by atoms with Gasteiger partial charge < -0.3 is 20.3 Å². The summed E-state index contributed by atoms with van der Waals surface area (Å²) in [5, 5.41) is 8.71. The third-order valence-corrected chi connectivity index (χ3v) is 5.52. The van der Waals surface area contributed by atoms with E-state index in [0.717, 1.165) is 30.1 Å². The molecule has 0 spiro atoms. The molecule has 2 amide bonds. The van der Waals surface area contributed by atoms with Crippen LogP contribution in [-0.4, -0.2) is 36.0 Å². The second-order valence-corrected chi connectivity index (χ2v) is 7.36. The number of fused-ring (bicyclic) bond motifs is 1. The SMILES string of the molecule is C[C@H](NC(=O)[C@@H]1CCCN1c1nccs1)c1ccc2c(c1)NC(=O)CO2. The number of carbonyl (C=O) groups excluding carboxylic acids is 2. The topological polar surface area (TPSA) is 83.6 Å². The molecule has 0 radical (unpaired) electrons. The molecule has 1 fully saturated rings. The van der Waals surface area contributed by atoms with Crippen LogP contribution in [0.3, 0.4) is 0 Å². The summed E-state index contributed by atoms with van der Waals surface area (Å²) < 4.78 is 5.38. The number of hydrogen-bond acceptors (Lipinski definition) is 6. The van der Waals surface area contributed by atoms with Gasteiger partial charge in [-0.1, -0.05) is 6.07 Å². The van der Waals surface area contributed by atoms with Crippen molar-refractivity contribution in [1.82, 2.24) is 10.3 Å². The summed E-state index contributed by atoms with van der Waals surface area (Å²) >= 11 is 1.55. The van der Waals surface area contributed by atoms with Gasteiger partial charge in [-0.15, -0.1) is 11.3 Å². The van der Waals surface area contributed by atoms with Crippen LogP contribution in [0.4, 0.5) is 10.8 Å². The maximum absolute atomic E-state index is 12.8. The summed E-state index contributed by atoms with van der Waals surface area (Å²) in [6.07, 6.45) is 3.57. The summed E-state index contributed by atoms with van der Waals surface area (Å²) in [5.41, 5.74) is 1.56. The first-order valence-corrected chi connectivity index (χ1v) is 9.53.